The van der Waals surface area contributed by atoms with Gasteiger partial charge in [0.25, 0.3) is 21.5 Å². The number of halogens is 2. The highest BCUT2D eigenvalue weighted by Crippen LogP contribution is 2.53. The van der Waals surface area contributed by atoms with Crippen molar-refractivity contribution in [3.05, 3.63) is 70.6 Å². The van der Waals surface area contributed by atoms with Crippen molar-refractivity contribution >= 4 is 39.3 Å². The number of piperazine rings is 1. The number of piperidine rings is 1. The summed E-state index contributed by atoms with van der Waals surface area (Å²) < 4.78 is 67.4. The molecule has 0 N–H and O–H groups in total. The SMILES string of the molecule is CCOc1ncccc1C1(OC(=O)N2CCN(C3CCN(C)CC3)CC2)C(=O)N(S(=O)(=O)c2ccc(OC)cc2OC)c2cc(F)c(Cl)cc21. The lowest BCUT2D eigenvalue weighted by Gasteiger charge is -2.42. The number of ether oxygens (including phenoxy) is 4. The fourth-order valence-corrected chi connectivity index (χ4v) is 8.58. The number of aromatic nitrogens is 1. The van der Waals surface area contributed by atoms with E-state index >= 15 is 9.18 Å². The molecule has 1 aromatic heterocycles. The van der Waals surface area contributed by atoms with Gasteiger partial charge in [-0.25, -0.2) is 22.6 Å². The molecule has 0 aliphatic carbocycles. The van der Waals surface area contributed by atoms with Gasteiger partial charge >= 0.3 is 6.09 Å². The van der Waals surface area contributed by atoms with Gasteiger partial charge in [-0.1, -0.05) is 11.6 Å². The summed E-state index contributed by atoms with van der Waals surface area (Å²) in [6, 6.07) is 9.19. The van der Waals surface area contributed by atoms with E-state index in [0.29, 0.717) is 42.3 Å². The van der Waals surface area contributed by atoms with Crippen LogP contribution in [0.5, 0.6) is 17.4 Å². The molecule has 13 nitrogen and oxygen atoms in total. The largest absolute Gasteiger partial charge is 0.497 e. The lowest BCUT2D eigenvalue weighted by Crippen LogP contribution is -2.55. The van der Waals surface area contributed by atoms with Crippen LogP contribution in [0.1, 0.15) is 30.9 Å². The summed E-state index contributed by atoms with van der Waals surface area (Å²) in [6.45, 7) is 5.60. The van der Waals surface area contributed by atoms with Gasteiger partial charge in [0, 0.05) is 56.1 Å². The van der Waals surface area contributed by atoms with Gasteiger partial charge in [-0.3, -0.25) is 9.69 Å². The lowest BCUT2D eigenvalue weighted by atomic mass is 9.87. The summed E-state index contributed by atoms with van der Waals surface area (Å²) in [5, 5.41) is -0.424. The Balaban J connectivity index is 1.45. The van der Waals surface area contributed by atoms with Gasteiger partial charge in [-0.05, 0) is 70.2 Å². The number of anilines is 1. The first-order valence-corrected chi connectivity index (χ1v) is 18.1. The number of nitrogens with zero attached hydrogens (tertiary/aromatic N) is 5. The highest BCUT2D eigenvalue weighted by molar-refractivity contribution is 7.93. The van der Waals surface area contributed by atoms with Crippen LogP contribution in [-0.4, -0.2) is 113 Å². The number of rotatable bonds is 9. The second-order valence-electron chi connectivity index (χ2n) is 12.3. The first-order valence-electron chi connectivity index (χ1n) is 16.3. The highest BCUT2D eigenvalue weighted by Gasteiger charge is 2.61. The molecule has 50 heavy (non-hydrogen) atoms. The van der Waals surface area contributed by atoms with Crippen LogP contribution < -0.4 is 18.5 Å². The standard InChI is InChI=1S/C34H39ClFN5O8S/c1-5-48-31-24(7-6-12-37-31)34(49-33(43)40-17-15-39(16-18-40)22-10-13-38(2)14-11-22)25-20-26(35)27(36)21-28(25)41(32(34)42)50(44,45)30-9-8-23(46-3)19-29(30)47-4/h6-9,12,19-22H,5,10-11,13-18H2,1-4H3. The van der Waals surface area contributed by atoms with Crippen LogP contribution in [0, 0.1) is 5.82 Å². The van der Waals surface area contributed by atoms with Gasteiger partial charge in [0.1, 0.15) is 22.2 Å². The Hall–Kier alpha value is -4.18. The first-order chi connectivity index (χ1) is 24.0. The number of pyridine rings is 1. The minimum absolute atomic E-state index is 0.0616. The van der Waals surface area contributed by atoms with Gasteiger partial charge < -0.3 is 28.7 Å². The summed E-state index contributed by atoms with van der Waals surface area (Å²) >= 11 is 6.31. The average Bonchev–Trinajstić information content (AvgIpc) is 3.35. The van der Waals surface area contributed by atoms with E-state index < -0.39 is 49.0 Å². The molecule has 2 aromatic carbocycles. The maximum absolute atomic E-state index is 15.3. The van der Waals surface area contributed by atoms with Gasteiger partial charge in [0.05, 0.1) is 37.1 Å². The number of amides is 2. The first kappa shape index (κ1) is 35.6. The molecule has 3 aromatic rings. The molecule has 0 radical (unpaired) electrons. The summed E-state index contributed by atoms with van der Waals surface area (Å²) in [5.41, 5.74) is -3.15. The monoisotopic (exact) mass is 731 g/mol. The molecular weight excluding hydrogens is 693 g/mol. The Kier molecular flexibility index (Phi) is 10.1. The molecule has 1 atom stereocenters. The van der Waals surface area contributed by atoms with Crippen molar-refractivity contribution in [2.24, 2.45) is 0 Å². The molecule has 0 bridgehead atoms. The van der Waals surface area contributed by atoms with Crippen molar-refractivity contribution in [2.75, 3.05) is 71.4 Å². The van der Waals surface area contributed by atoms with Gasteiger partial charge in [-0.15, -0.1) is 0 Å². The predicted octanol–water partition coefficient (Wildman–Crippen LogP) is 4.12. The van der Waals surface area contributed by atoms with Crippen molar-refractivity contribution in [1.29, 1.82) is 0 Å². The van der Waals surface area contributed by atoms with Crippen molar-refractivity contribution < 1.29 is 41.3 Å². The van der Waals surface area contributed by atoms with E-state index in [0.717, 1.165) is 38.1 Å². The van der Waals surface area contributed by atoms with E-state index in [9.17, 15) is 13.2 Å². The van der Waals surface area contributed by atoms with Crippen molar-refractivity contribution in [2.45, 2.75) is 36.3 Å². The zero-order chi connectivity index (χ0) is 35.8. The summed E-state index contributed by atoms with van der Waals surface area (Å²) in [5.74, 6) is -2.15. The third-order valence-corrected chi connectivity index (χ3v) is 11.5. The molecular formula is C34H39ClFN5O8S. The Labute approximate surface area is 295 Å². The van der Waals surface area contributed by atoms with Crippen LogP contribution in [0.3, 0.4) is 0 Å². The third kappa shape index (κ3) is 6.20. The van der Waals surface area contributed by atoms with Gasteiger partial charge in [-0.2, -0.15) is 4.31 Å². The normalized spacial score (nSPS) is 20.5. The Morgan fingerprint density at radius 2 is 1.74 bits per heavy atom. The molecule has 0 saturated carbocycles. The summed E-state index contributed by atoms with van der Waals surface area (Å²) in [7, 11) is -0.110. The minimum Gasteiger partial charge on any atom is -0.497 e. The van der Waals surface area contributed by atoms with Crippen molar-refractivity contribution in [3.63, 3.8) is 0 Å². The zero-order valence-corrected chi connectivity index (χ0v) is 29.8. The predicted molar refractivity (Wildman–Crippen MR) is 182 cm³/mol. The van der Waals surface area contributed by atoms with Crippen LogP contribution in [0.4, 0.5) is 14.9 Å². The van der Waals surface area contributed by atoms with E-state index in [2.05, 4.69) is 21.8 Å². The summed E-state index contributed by atoms with van der Waals surface area (Å²) in [4.78, 5) is 39.2. The summed E-state index contributed by atoms with van der Waals surface area (Å²) in [6.07, 6.45) is 2.59. The molecule has 2 fully saturated rings. The van der Waals surface area contributed by atoms with E-state index in [1.54, 1.807) is 6.92 Å². The molecule has 6 rings (SSSR count). The number of methoxy groups -OCH3 is 2. The number of likely N-dealkylation sites (tertiary alicyclic amines) is 1. The quantitative estimate of drug-likeness (QED) is 0.315. The molecule has 2 amide bonds. The number of carbonyl (C=O) groups is 2. The fourth-order valence-electron chi connectivity index (χ4n) is 6.83. The molecule has 4 heterocycles. The topological polar surface area (TPSA) is 131 Å². The van der Waals surface area contributed by atoms with Crippen LogP contribution in [0.15, 0.2) is 53.6 Å². The van der Waals surface area contributed by atoms with E-state index in [4.69, 9.17) is 30.5 Å². The average molecular weight is 732 g/mol. The minimum atomic E-state index is -4.87. The molecule has 3 aliphatic rings. The van der Waals surface area contributed by atoms with Crippen molar-refractivity contribution in [3.8, 4) is 17.4 Å². The third-order valence-electron chi connectivity index (χ3n) is 9.46. The Bertz CT molecular complexity index is 1880. The van der Waals surface area contributed by atoms with Crippen LogP contribution in [0.25, 0.3) is 0 Å². The number of carbonyl (C=O) groups excluding carboxylic acids is 2. The smallest absolute Gasteiger partial charge is 0.411 e. The van der Waals surface area contributed by atoms with Crippen molar-refractivity contribution in [1.82, 2.24) is 19.7 Å². The van der Waals surface area contributed by atoms with Crippen LogP contribution in [-0.2, 0) is 25.2 Å². The number of hydrogen-bond acceptors (Lipinski definition) is 11. The van der Waals surface area contributed by atoms with Crippen LogP contribution >= 0.6 is 11.6 Å². The Morgan fingerprint density at radius 1 is 1.02 bits per heavy atom. The van der Waals surface area contributed by atoms with Gasteiger partial charge in [0.15, 0.2) is 0 Å². The maximum atomic E-state index is 15.3. The molecule has 2 saturated heterocycles. The zero-order valence-electron chi connectivity index (χ0n) is 28.2. The van der Waals surface area contributed by atoms with E-state index in [1.165, 1.54) is 55.6 Å². The molecule has 3 aliphatic heterocycles. The number of fused-ring (bicyclic) bond motifs is 1. The Morgan fingerprint density at radius 3 is 2.40 bits per heavy atom. The highest BCUT2D eigenvalue weighted by atomic mass is 35.5. The van der Waals surface area contributed by atoms with Crippen LogP contribution in [0.2, 0.25) is 5.02 Å². The molecule has 0 spiro atoms. The maximum Gasteiger partial charge on any atom is 0.411 e. The van der Waals surface area contributed by atoms with E-state index in [1.807, 2.05) is 0 Å². The number of hydrogen-bond donors (Lipinski definition) is 0. The second kappa shape index (κ2) is 14.2. The molecule has 1 unspecified atom stereocenters. The van der Waals surface area contributed by atoms with E-state index in [-0.39, 0.29) is 29.4 Å². The van der Waals surface area contributed by atoms with Gasteiger partial charge in [0.2, 0.25) is 5.88 Å². The molecule has 16 heteroatoms. The second-order valence-corrected chi connectivity index (χ2v) is 14.4. The number of sulfonamides is 1. The fraction of sp³-hybridized carbons (Fsp3) is 0.441. The molecule has 268 valence electrons. The lowest BCUT2D eigenvalue weighted by molar-refractivity contribution is -0.132. The number of benzene rings is 2.